The predicted molar refractivity (Wildman–Crippen MR) is 84.2 cm³/mol. The number of anilines is 1. The van der Waals surface area contributed by atoms with Gasteiger partial charge >= 0.3 is 0 Å². The highest BCUT2D eigenvalue weighted by molar-refractivity contribution is 7.22. The van der Waals surface area contributed by atoms with E-state index in [1.54, 1.807) is 17.4 Å². The number of aromatic nitrogens is 1. The molecule has 0 radical (unpaired) electrons. The van der Waals surface area contributed by atoms with Gasteiger partial charge in [0.1, 0.15) is 0 Å². The Bertz CT molecular complexity index is 735. The van der Waals surface area contributed by atoms with Crippen LogP contribution in [0, 0.1) is 0 Å². The minimum absolute atomic E-state index is 0.202. The predicted octanol–water partition coefficient (Wildman–Crippen LogP) is 3.38. The summed E-state index contributed by atoms with van der Waals surface area (Å²) in [6.45, 7) is 1.05. The van der Waals surface area contributed by atoms with Gasteiger partial charge in [0.05, 0.1) is 10.2 Å². The molecular formula is C14H12ClN3O2S. The molecule has 0 saturated heterocycles. The number of rotatable bonds is 5. The Morgan fingerprint density at radius 2 is 2.10 bits per heavy atom. The normalized spacial score (nSPS) is 10.7. The first-order chi connectivity index (χ1) is 10.2. The summed E-state index contributed by atoms with van der Waals surface area (Å²) in [7, 11) is 0. The van der Waals surface area contributed by atoms with Crippen LogP contribution < -0.4 is 10.6 Å². The van der Waals surface area contributed by atoms with Crippen LogP contribution in [0.4, 0.5) is 5.13 Å². The van der Waals surface area contributed by atoms with Crippen LogP contribution >= 0.6 is 22.9 Å². The zero-order chi connectivity index (χ0) is 14.7. The smallest absolute Gasteiger partial charge is 0.287 e. The molecular weight excluding hydrogens is 310 g/mol. The second-order valence-corrected chi connectivity index (χ2v) is 5.68. The molecule has 1 amide bonds. The average Bonchev–Trinajstić information content (AvgIpc) is 3.09. The second kappa shape index (κ2) is 6.15. The van der Waals surface area contributed by atoms with Crippen molar-refractivity contribution in [3.05, 3.63) is 47.4 Å². The highest BCUT2D eigenvalue weighted by Gasteiger charge is 2.09. The summed E-state index contributed by atoms with van der Waals surface area (Å²) in [5.74, 6) is -0.0759. The quantitative estimate of drug-likeness (QED) is 0.707. The van der Waals surface area contributed by atoms with Gasteiger partial charge in [-0.2, -0.15) is 0 Å². The maximum absolute atomic E-state index is 11.7. The number of carbonyl (C=O) groups is 1. The molecule has 2 heterocycles. The van der Waals surface area contributed by atoms with Crippen LogP contribution in [0.25, 0.3) is 10.2 Å². The number of halogens is 1. The molecule has 0 spiro atoms. The van der Waals surface area contributed by atoms with E-state index in [1.807, 2.05) is 24.3 Å². The Kier molecular flexibility index (Phi) is 4.08. The minimum Gasteiger partial charge on any atom is -0.440 e. The summed E-state index contributed by atoms with van der Waals surface area (Å²) < 4.78 is 6.16. The molecule has 0 aliphatic carbocycles. The van der Waals surface area contributed by atoms with E-state index in [2.05, 4.69) is 15.6 Å². The lowest BCUT2D eigenvalue weighted by Gasteiger charge is -2.03. The van der Waals surface area contributed by atoms with Gasteiger partial charge < -0.3 is 15.1 Å². The van der Waals surface area contributed by atoms with Crippen molar-refractivity contribution in [1.82, 2.24) is 10.3 Å². The van der Waals surface area contributed by atoms with Gasteiger partial charge in [-0.05, 0) is 35.9 Å². The third-order valence-corrected chi connectivity index (χ3v) is 3.97. The molecule has 0 aliphatic heterocycles. The summed E-state index contributed by atoms with van der Waals surface area (Å²) in [4.78, 5) is 16.2. The number of hydrogen-bond acceptors (Lipinski definition) is 5. The van der Waals surface area contributed by atoms with Crippen LogP contribution in [0.5, 0.6) is 0 Å². The number of nitrogens with zero attached hydrogens (tertiary/aromatic N) is 1. The Labute approximate surface area is 129 Å². The van der Waals surface area contributed by atoms with Crippen molar-refractivity contribution in [2.75, 3.05) is 18.4 Å². The van der Waals surface area contributed by atoms with Crippen LogP contribution in [-0.4, -0.2) is 24.0 Å². The van der Waals surface area contributed by atoms with Crippen molar-refractivity contribution in [1.29, 1.82) is 0 Å². The minimum atomic E-state index is -0.284. The molecule has 3 rings (SSSR count). The van der Waals surface area contributed by atoms with Gasteiger partial charge in [-0.1, -0.05) is 23.5 Å². The number of para-hydroxylation sites is 1. The molecule has 0 saturated carbocycles. The summed E-state index contributed by atoms with van der Waals surface area (Å²) in [6, 6.07) is 11.0. The molecule has 0 atom stereocenters. The van der Waals surface area contributed by atoms with Crippen molar-refractivity contribution in [2.24, 2.45) is 0 Å². The average molecular weight is 322 g/mol. The molecule has 108 valence electrons. The monoisotopic (exact) mass is 321 g/mol. The van der Waals surface area contributed by atoms with E-state index in [0.717, 1.165) is 15.3 Å². The maximum atomic E-state index is 11.7. The zero-order valence-corrected chi connectivity index (χ0v) is 12.5. The topological polar surface area (TPSA) is 67.2 Å². The molecule has 0 aliphatic rings. The summed E-state index contributed by atoms with van der Waals surface area (Å²) in [5, 5.41) is 6.96. The first-order valence-corrected chi connectivity index (χ1v) is 7.55. The van der Waals surface area contributed by atoms with Crippen molar-refractivity contribution in [3.8, 4) is 0 Å². The molecule has 0 unspecified atom stereocenters. The van der Waals surface area contributed by atoms with E-state index in [4.69, 9.17) is 16.0 Å². The van der Waals surface area contributed by atoms with Crippen molar-refractivity contribution in [3.63, 3.8) is 0 Å². The van der Waals surface area contributed by atoms with Crippen molar-refractivity contribution >= 4 is 44.2 Å². The van der Waals surface area contributed by atoms with Gasteiger partial charge in [-0.15, -0.1) is 0 Å². The molecule has 2 N–H and O–H groups in total. The highest BCUT2D eigenvalue weighted by Crippen LogP contribution is 2.24. The number of benzene rings is 1. The number of hydrogen-bond donors (Lipinski definition) is 2. The van der Waals surface area contributed by atoms with Crippen LogP contribution in [0.2, 0.25) is 5.22 Å². The number of carbonyl (C=O) groups excluding carboxylic acids is 1. The molecule has 3 aromatic rings. The van der Waals surface area contributed by atoms with Gasteiger partial charge in [-0.25, -0.2) is 4.98 Å². The van der Waals surface area contributed by atoms with E-state index in [-0.39, 0.29) is 16.9 Å². The summed E-state index contributed by atoms with van der Waals surface area (Å²) >= 11 is 7.20. The fourth-order valence-corrected chi connectivity index (χ4v) is 2.85. The Morgan fingerprint density at radius 3 is 2.86 bits per heavy atom. The van der Waals surface area contributed by atoms with E-state index in [9.17, 15) is 4.79 Å². The van der Waals surface area contributed by atoms with Gasteiger partial charge in [0.2, 0.25) is 0 Å². The lowest BCUT2D eigenvalue weighted by molar-refractivity contribution is 0.0927. The lowest BCUT2D eigenvalue weighted by Crippen LogP contribution is -2.28. The molecule has 0 bridgehead atoms. The van der Waals surface area contributed by atoms with Crippen molar-refractivity contribution in [2.45, 2.75) is 0 Å². The number of amides is 1. The number of thiazole rings is 1. The molecule has 1 aromatic carbocycles. The number of nitrogens with one attached hydrogen (secondary N) is 2. The van der Waals surface area contributed by atoms with Crippen LogP contribution in [-0.2, 0) is 0 Å². The fraction of sp³-hybridized carbons (Fsp3) is 0.143. The first-order valence-electron chi connectivity index (χ1n) is 6.35. The molecule has 2 aromatic heterocycles. The second-order valence-electron chi connectivity index (χ2n) is 4.27. The molecule has 7 heteroatoms. The summed E-state index contributed by atoms with van der Waals surface area (Å²) in [6.07, 6.45) is 0. The highest BCUT2D eigenvalue weighted by atomic mass is 35.5. The van der Waals surface area contributed by atoms with Crippen LogP contribution in [0.15, 0.2) is 40.8 Å². The molecule has 21 heavy (non-hydrogen) atoms. The summed E-state index contributed by atoms with van der Waals surface area (Å²) in [5.41, 5.74) is 0.972. The van der Waals surface area contributed by atoms with Gasteiger partial charge in [0.25, 0.3) is 5.91 Å². The standard InChI is InChI=1S/C14H12ClN3O2S/c15-12-6-5-10(20-12)13(19)16-7-8-17-14-18-9-3-1-2-4-11(9)21-14/h1-6H,7-8H2,(H,16,19)(H,17,18). The Morgan fingerprint density at radius 1 is 1.24 bits per heavy atom. The van der Waals surface area contributed by atoms with Gasteiger partial charge in [0, 0.05) is 13.1 Å². The van der Waals surface area contributed by atoms with Crippen LogP contribution in [0.3, 0.4) is 0 Å². The van der Waals surface area contributed by atoms with Gasteiger partial charge in [0.15, 0.2) is 16.1 Å². The fourth-order valence-electron chi connectivity index (χ4n) is 1.82. The lowest BCUT2D eigenvalue weighted by atomic mass is 10.3. The molecule has 5 nitrogen and oxygen atoms in total. The number of fused-ring (bicyclic) bond motifs is 1. The van der Waals surface area contributed by atoms with E-state index in [1.165, 1.54) is 6.07 Å². The maximum Gasteiger partial charge on any atom is 0.287 e. The first kappa shape index (κ1) is 13.9. The number of furan rings is 1. The van der Waals surface area contributed by atoms with E-state index in [0.29, 0.717) is 13.1 Å². The zero-order valence-electron chi connectivity index (χ0n) is 10.9. The van der Waals surface area contributed by atoms with E-state index < -0.39 is 0 Å². The third-order valence-electron chi connectivity index (χ3n) is 2.78. The SMILES string of the molecule is O=C(NCCNc1nc2ccccc2s1)c1ccc(Cl)o1. The third kappa shape index (κ3) is 3.34. The van der Waals surface area contributed by atoms with Crippen molar-refractivity contribution < 1.29 is 9.21 Å². The van der Waals surface area contributed by atoms with Gasteiger partial charge in [-0.3, -0.25) is 4.79 Å². The largest absolute Gasteiger partial charge is 0.440 e. The Balaban J connectivity index is 1.49. The molecule has 0 fully saturated rings. The van der Waals surface area contributed by atoms with E-state index >= 15 is 0 Å². The van der Waals surface area contributed by atoms with Crippen LogP contribution in [0.1, 0.15) is 10.6 Å². The Hall–Kier alpha value is -2.05.